The highest BCUT2D eigenvalue weighted by molar-refractivity contribution is 9.11. The molecule has 0 bridgehead atoms. The average molecular weight is 865 g/mol. The van der Waals surface area contributed by atoms with E-state index in [4.69, 9.17) is 24.7 Å². The number of anilines is 1. The lowest BCUT2D eigenvalue weighted by Gasteiger charge is -2.27. The van der Waals surface area contributed by atoms with Gasteiger partial charge in [0.05, 0.1) is 43.7 Å². The summed E-state index contributed by atoms with van der Waals surface area (Å²) in [6, 6.07) is 16.4. The van der Waals surface area contributed by atoms with Gasteiger partial charge in [0, 0.05) is 21.8 Å². The summed E-state index contributed by atoms with van der Waals surface area (Å²) >= 11 is 7.08. The van der Waals surface area contributed by atoms with Crippen molar-refractivity contribution < 1.29 is 38.1 Å². The molecule has 14 heteroatoms. The molecule has 0 saturated heterocycles. The Kier molecular flexibility index (Phi) is 16.6. The Morgan fingerprint density at radius 1 is 0.774 bits per heavy atom. The molecule has 0 aliphatic rings. The lowest BCUT2D eigenvalue weighted by molar-refractivity contribution is -0.118. The highest BCUT2D eigenvalue weighted by Crippen LogP contribution is 2.32. The number of halogens is 2. The van der Waals surface area contributed by atoms with Crippen molar-refractivity contribution in [2.75, 3.05) is 11.9 Å². The van der Waals surface area contributed by atoms with Crippen LogP contribution in [0.3, 0.4) is 0 Å². The van der Waals surface area contributed by atoms with E-state index in [1.54, 1.807) is 41.5 Å². The Morgan fingerprint density at radius 2 is 1.40 bits per heavy atom. The number of ether oxygens (including phenoxy) is 4. The number of primary amides is 1. The molecular formula is C39H52Br2N4O8. The van der Waals surface area contributed by atoms with E-state index in [1.807, 2.05) is 61.5 Å². The van der Waals surface area contributed by atoms with Crippen LogP contribution >= 0.6 is 31.9 Å². The highest BCUT2D eigenvalue weighted by Gasteiger charge is 2.25. The lowest BCUT2D eigenvalue weighted by Crippen LogP contribution is -2.45. The molecule has 0 unspecified atom stereocenters. The number of carbonyl (C=O) groups excluding carboxylic acids is 4. The van der Waals surface area contributed by atoms with Gasteiger partial charge >= 0.3 is 12.2 Å². The van der Waals surface area contributed by atoms with Gasteiger partial charge in [0.25, 0.3) is 0 Å². The van der Waals surface area contributed by atoms with Crippen LogP contribution in [0.4, 0.5) is 15.3 Å². The molecule has 0 fully saturated rings. The number of amides is 4. The highest BCUT2D eigenvalue weighted by atomic mass is 79.9. The van der Waals surface area contributed by atoms with Crippen LogP contribution in [0, 0.1) is 0 Å². The molecule has 0 saturated carbocycles. The second-order valence-corrected chi connectivity index (χ2v) is 16.5. The standard InChI is InChI=1S/C39H52Br2N4O8/c1-24(31(17-18-33(42)46)45-37(49)53-39(5,6)7)51-22-26-10-15-30-27(20-26)11-16-32(35(30)41)44-34(47)19-14-29(43-36(48)52-38(2,3)4)23-50-21-25-8-12-28(40)13-9-25/h8-13,15-16,20,24,29,31H,14,17-19,21-23H2,1-7H3,(H2,42,46)(H,43,48)(H,44,47)(H,45,49)/t24-,29+,31+/m1/s1. The minimum Gasteiger partial charge on any atom is -0.444 e. The molecule has 290 valence electrons. The zero-order valence-corrected chi connectivity index (χ0v) is 34.6. The van der Waals surface area contributed by atoms with Crippen molar-refractivity contribution in [1.29, 1.82) is 0 Å². The van der Waals surface area contributed by atoms with Gasteiger partial charge in [-0.2, -0.15) is 0 Å². The Morgan fingerprint density at radius 3 is 2.02 bits per heavy atom. The van der Waals surface area contributed by atoms with E-state index in [0.29, 0.717) is 25.1 Å². The fourth-order valence-corrected chi connectivity index (χ4v) is 6.00. The number of fused-ring (bicyclic) bond motifs is 1. The number of hydrogen-bond acceptors (Lipinski definition) is 8. The summed E-state index contributed by atoms with van der Waals surface area (Å²) in [6.07, 6.45) is -0.775. The van der Waals surface area contributed by atoms with Crippen LogP contribution in [0.15, 0.2) is 63.5 Å². The van der Waals surface area contributed by atoms with E-state index < -0.39 is 47.5 Å². The van der Waals surface area contributed by atoms with Gasteiger partial charge in [0.2, 0.25) is 11.8 Å². The average Bonchev–Trinajstić information content (AvgIpc) is 3.04. The fourth-order valence-electron chi connectivity index (χ4n) is 5.14. The van der Waals surface area contributed by atoms with Crippen molar-refractivity contribution in [3.63, 3.8) is 0 Å². The Bertz CT molecular complexity index is 1710. The van der Waals surface area contributed by atoms with Crippen LogP contribution in [-0.2, 0) is 41.8 Å². The minimum absolute atomic E-state index is 0.0856. The van der Waals surface area contributed by atoms with Crippen LogP contribution in [0.5, 0.6) is 0 Å². The normalized spacial score (nSPS) is 13.5. The number of nitrogens with two attached hydrogens (primary N) is 1. The van der Waals surface area contributed by atoms with E-state index in [1.165, 1.54) is 0 Å². The predicted molar refractivity (Wildman–Crippen MR) is 212 cm³/mol. The van der Waals surface area contributed by atoms with Crippen LogP contribution in [0.2, 0.25) is 0 Å². The zero-order valence-electron chi connectivity index (χ0n) is 31.5. The first-order valence-corrected chi connectivity index (χ1v) is 19.1. The molecule has 3 rings (SSSR count). The van der Waals surface area contributed by atoms with Crippen LogP contribution < -0.4 is 21.7 Å². The lowest BCUT2D eigenvalue weighted by atomic mass is 10.1. The molecule has 3 atom stereocenters. The summed E-state index contributed by atoms with van der Waals surface area (Å²) in [5.74, 6) is -0.694. The Labute approximate surface area is 328 Å². The summed E-state index contributed by atoms with van der Waals surface area (Å²) < 4.78 is 24.5. The summed E-state index contributed by atoms with van der Waals surface area (Å²) in [5, 5.41) is 10.4. The van der Waals surface area contributed by atoms with Crippen LogP contribution in [0.1, 0.15) is 85.3 Å². The van der Waals surface area contributed by atoms with Gasteiger partial charge in [-0.05, 0) is 123 Å². The maximum Gasteiger partial charge on any atom is 0.407 e. The molecule has 0 spiro atoms. The first kappa shape index (κ1) is 43.7. The molecule has 4 amide bonds. The van der Waals surface area contributed by atoms with E-state index in [-0.39, 0.29) is 32.0 Å². The third-order valence-corrected chi connectivity index (χ3v) is 9.10. The molecule has 0 radical (unpaired) electrons. The zero-order chi connectivity index (χ0) is 39.3. The number of hydrogen-bond donors (Lipinski definition) is 4. The Hall–Kier alpha value is -3.72. The second-order valence-electron chi connectivity index (χ2n) is 14.8. The monoisotopic (exact) mass is 862 g/mol. The molecule has 0 heterocycles. The van der Waals surface area contributed by atoms with Gasteiger partial charge in [-0.15, -0.1) is 0 Å². The maximum absolute atomic E-state index is 13.1. The predicted octanol–water partition coefficient (Wildman–Crippen LogP) is 8.26. The molecule has 53 heavy (non-hydrogen) atoms. The van der Waals surface area contributed by atoms with Crippen molar-refractivity contribution in [3.8, 4) is 0 Å². The van der Waals surface area contributed by atoms with Crippen LogP contribution in [0.25, 0.3) is 10.8 Å². The number of alkyl carbamates (subject to hydrolysis) is 2. The minimum atomic E-state index is -0.676. The van der Waals surface area contributed by atoms with Gasteiger partial charge in [0.15, 0.2) is 0 Å². The molecule has 3 aromatic carbocycles. The molecule has 3 aromatic rings. The summed E-state index contributed by atoms with van der Waals surface area (Å²) in [5.41, 5.74) is 6.50. The van der Waals surface area contributed by atoms with E-state index in [2.05, 4.69) is 47.8 Å². The second kappa shape index (κ2) is 20.1. The van der Waals surface area contributed by atoms with Gasteiger partial charge in [-0.1, -0.05) is 46.3 Å². The van der Waals surface area contributed by atoms with Crippen molar-refractivity contribution >= 4 is 72.3 Å². The number of rotatable bonds is 17. The smallest absolute Gasteiger partial charge is 0.407 e. The van der Waals surface area contributed by atoms with Crippen molar-refractivity contribution in [1.82, 2.24) is 10.6 Å². The van der Waals surface area contributed by atoms with E-state index >= 15 is 0 Å². The SMILES string of the molecule is C[C@@H](OCc1ccc2c(Br)c(NC(=O)CC[C@@H](COCc3ccc(Br)cc3)NC(=O)OC(C)(C)C)ccc2c1)[C@H](CCC(N)=O)NC(=O)OC(C)(C)C. The molecule has 0 aliphatic carbocycles. The van der Waals surface area contributed by atoms with Crippen LogP contribution in [-0.4, -0.2) is 60.0 Å². The quantitative estimate of drug-likeness (QED) is 0.105. The number of carbonyl (C=O) groups is 4. The largest absolute Gasteiger partial charge is 0.444 e. The van der Waals surface area contributed by atoms with Crippen molar-refractivity contribution in [2.45, 2.75) is 117 Å². The Balaban J connectivity index is 1.61. The first-order chi connectivity index (χ1) is 24.8. The number of benzene rings is 3. The van der Waals surface area contributed by atoms with E-state index in [0.717, 1.165) is 30.8 Å². The third-order valence-electron chi connectivity index (χ3n) is 7.72. The van der Waals surface area contributed by atoms with Gasteiger partial charge in [-0.25, -0.2) is 9.59 Å². The van der Waals surface area contributed by atoms with Crippen molar-refractivity contribution in [2.24, 2.45) is 5.73 Å². The molecule has 5 N–H and O–H groups in total. The number of nitrogens with one attached hydrogen (secondary N) is 3. The molecule has 12 nitrogen and oxygen atoms in total. The topological polar surface area (TPSA) is 167 Å². The van der Waals surface area contributed by atoms with Crippen molar-refractivity contribution in [3.05, 3.63) is 74.7 Å². The first-order valence-electron chi connectivity index (χ1n) is 17.5. The van der Waals surface area contributed by atoms with Gasteiger partial charge in [0.1, 0.15) is 11.2 Å². The molecule has 0 aromatic heterocycles. The fraction of sp³-hybridized carbons (Fsp3) is 0.487. The van der Waals surface area contributed by atoms with Gasteiger partial charge < -0.3 is 40.6 Å². The molecule has 0 aliphatic heterocycles. The van der Waals surface area contributed by atoms with E-state index in [9.17, 15) is 19.2 Å². The third kappa shape index (κ3) is 16.5. The van der Waals surface area contributed by atoms with Gasteiger partial charge in [-0.3, -0.25) is 9.59 Å². The summed E-state index contributed by atoms with van der Waals surface area (Å²) in [6.45, 7) is 13.3. The summed E-state index contributed by atoms with van der Waals surface area (Å²) in [4.78, 5) is 49.6. The summed E-state index contributed by atoms with van der Waals surface area (Å²) in [7, 11) is 0. The maximum atomic E-state index is 13.1. The molecular weight excluding hydrogens is 812 g/mol.